The van der Waals surface area contributed by atoms with Crippen molar-refractivity contribution in [3.8, 4) is 0 Å². The van der Waals surface area contributed by atoms with Crippen LogP contribution in [0.2, 0.25) is 0 Å². The Balaban J connectivity index is 1.68. The maximum Gasteiger partial charge on any atom is 0.139 e. The van der Waals surface area contributed by atoms with E-state index in [1.165, 1.54) is 0 Å². The molecule has 0 amide bonds. The highest BCUT2D eigenvalue weighted by atomic mass is 79.9. The summed E-state index contributed by atoms with van der Waals surface area (Å²) in [6, 6.07) is 0. The number of alkyl halides is 1. The fourth-order valence-electron chi connectivity index (χ4n) is 6.94. The third-order valence-corrected chi connectivity index (χ3v) is 9.12. The van der Waals surface area contributed by atoms with Crippen LogP contribution in [0, 0.1) is 34.5 Å². The number of carbonyl (C=O) groups is 1. The van der Waals surface area contributed by atoms with Gasteiger partial charge in [0.1, 0.15) is 10.3 Å². The smallest absolute Gasteiger partial charge is 0.139 e. The summed E-state index contributed by atoms with van der Waals surface area (Å²) < 4.78 is -0.754. The fourth-order valence-corrected chi connectivity index (χ4v) is 7.53. The topological polar surface area (TPSA) is 57.5 Å². The molecule has 4 saturated carbocycles. The zero-order valence-electron chi connectivity index (χ0n) is 14.2. The second kappa shape index (κ2) is 5.04. The number of hydrogen-bond donors (Lipinski definition) is 2. The van der Waals surface area contributed by atoms with E-state index >= 15 is 0 Å². The number of fused-ring (bicyclic) bond motifs is 5. The molecule has 3 nitrogen and oxygen atoms in total. The van der Waals surface area contributed by atoms with E-state index in [4.69, 9.17) is 0 Å². The lowest BCUT2D eigenvalue weighted by Gasteiger charge is -2.62. The van der Waals surface area contributed by atoms with Gasteiger partial charge in [0.2, 0.25) is 0 Å². The molecule has 0 radical (unpaired) electrons. The number of Topliss-reactive ketones (excluding diaryl/α,β-unsaturated/α-hetero) is 1. The molecular formula is C19H29BrO3. The molecule has 0 aromatic rings. The minimum absolute atomic E-state index is 0.184. The molecule has 0 aliphatic heterocycles. The van der Waals surface area contributed by atoms with E-state index < -0.39 is 4.51 Å². The first-order valence-electron chi connectivity index (χ1n) is 9.30. The van der Waals surface area contributed by atoms with Crippen molar-refractivity contribution in [3.05, 3.63) is 0 Å². The molecule has 0 aromatic heterocycles. The largest absolute Gasteiger partial charge is 0.393 e. The van der Waals surface area contributed by atoms with E-state index in [0.29, 0.717) is 30.0 Å². The van der Waals surface area contributed by atoms with Gasteiger partial charge in [-0.1, -0.05) is 29.8 Å². The maximum atomic E-state index is 12.4. The second-order valence-electron chi connectivity index (χ2n) is 9.34. The number of aliphatic hydroxyl groups is 2. The zero-order valence-corrected chi connectivity index (χ0v) is 15.8. The summed E-state index contributed by atoms with van der Waals surface area (Å²) in [6.45, 7) is 4.55. The van der Waals surface area contributed by atoms with Crippen LogP contribution in [-0.4, -0.2) is 26.6 Å². The lowest BCUT2D eigenvalue weighted by Crippen LogP contribution is -2.59. The number of aliphatic hydroxyl groups excluding tert-OH is 1. The highest BCUT2D eigenvalue weighted by molar-refractivity contribution is 9.10. The molecule has 4 aliphatic carbocycles. The molecule has 8 atom stereocenters. The van der Waals surface area contributed by atoms with Crippen molar-refractivity contribution in [2.24, 2.45) is 34.5 Å². The van der Waals surface area contributed by atoms with Crippen LogP contribution in [0.5, 0.6) is 0 Å². The molecule has 23 heavy (non-hydrogen) atoms. The quantitative estimate of drug-likeness (QED) is 0.626. The molecule has 0 heterocycles. The highest BCUT2D eigenvalue weighted by Gasteiger charge is 2.63. The molecule has 2 N–H and O–H groups in total. The molecule has 0 saturated heterocycles. The Labute approximate surface area is 147 Å². The normalized spacial score (nSPS) is 59.2. The van der Waals surface area contributed by atoms with E-state index in [9.17, 15) is 15.0 Å². The van der Waals surface area contributed by atoms with Crippen LogP contribution in [0.4, 0.5) is 0 Å². The molecule has 4 fully saturated rings. The van der Waals surface area contributed by atoms with Gasteiger partial charge in [0.25, 0.3) is 0 Å². The van der Waals surface area contributed by atoms with Crippen molar-refractivity contribution in [2.45, 2.75) is 75.8 Å². The Morgan fingerprint density at radius 1 is 1.13 bits per heavy atom. The molecule has 0 aromatic carbocycles. The Kier molecular flexibility index (Phi) is 3.63. The van der Waals surface area contributed by atoms with Gasteiger partial charge in [-0.3, -0.25) is 4.79 Å². The lowest BCUT2D eigenvalue weighted by molar-refractivity contribution is -0.173. The Morgan fingerprint density at radius 3 is 2.61 bits per heavy atom. The first-order chi connectivity index (χ1) is 10.7. The standard InChI is InChI=1S/C19H29BrO3/c1-17-7-8-19(20,23)10-11(17)9-14(21)16-12-3-4-15(22)18(12,2)6-5-13(16)17/h11-14,16,21,23H,3-10H2,1-2H3/t11-,12-,13-,14+,16-,17-,18-,19+/m0/s1. The minimum atomic E-state index is -0.754. The van der Waals surface area contributed by atoms with Gasteiger partial charge in [-0.15, -0.1) is 0 Å². The molecule has 0 unspecified atom stereocenters. The number of halogens is 1. The van der Waals surface area contributed by atoms with Gasteiger partial charge in [-0.2, -0.15) is 0 Å². The molecular weight excluding hydrogens is 356 g/mol. The molecule has 130 valence electrons. The average molecular weight is 385 g/mol. The molecule has 0 spiro atoms. The minimum Gasteiger partial charge on any atom is -0.393 e. The van der Waals surface area contributed by atoms with Crippen molar-refractivity contribution >= 4 is 21.7 Å². The third-order valence-electron chi connectivity index (χ3n) is 8.40. The van der Waals surface area contributed by atoms with Crippen molar-refractivity contribution in [1.29, 1.82) is 0 Å². The summed E-state index contributed by atoms with van der Waals surface area (Å²) in [5.41, 5.74) is 0.0209. The predicted molar refractivity (Wildman–Crippen MR) is 92.0 cm³/mol. The van der Waals surface area contributed by atoms with Crippen LogP contribution in [0.25, 0.3) is 0 Å². The lowest BCUT2D eigenvalue weighted by atomic mass is 9.44. The van der Waals surface area contributed by atoms with E-state index in [-0.39, 0.29) is 22.9 Å². The van der Waals surface area contributed by atoms with Crippen molar-refractivity contribution in [2.75, 3.05) is 0 Å². The summed E-state index contributed by atoms with van der Waals surface area (Å²) in [4.78, 5) is 12.4. The molecule has 0 bridgehead atoms. The first-order valence-corrected chi connectivity index (χ1v) is 10.1. The van der Waals surface area contributed by atoms with Gasteiger partial charge in [0.15, 0.2) is 0 Å². The van der Waals surface area contributed by atoms with Crippen molar-refractivity contribution < 1.29 is 15.0 Å². The Morgan fingerprint density at radius 2 is 1.87 bits per heavy atom. The van der Waals surface area contributed by atoms with E-state index in [1.54, 1.807) is 0 Å². The van der Waals surface area contributed by atoms with Crippen molar-refractivity contribution in [1.82, 2.24) is 0 Å². The SMILES string of the molecule is C[C@]12CC[C@](O)(Br)C[C@@H]1C[C@@H](O)[C@@H]1[C@@H]2CC[C@]2(C)C(=O)CC[C@@H]12. The van der Waals surface area contributed by atoms with Gasteiger partial charge in [0.05, 0.1) is 6.10 Å². The van der Waals surface area contributed by atoms with E-state index in [0.717, 1.165) is 44.9 Å². The molecule has 4 heteroatoms. The Bertz CT molecular complexity index is 533. The van der Waals surface area contributed by atoms with Gasteiger partial charge in [0, 0.05) is 11.8 Å². The summed E-state index contributed by atoms with van der Waals surface area (Å²) in [7, 11) is 0. The number of ketones is 1. The average Bonchev–Trinajstić information content (AvgIpc) is 2.77. The summed E-state index contributed by atoms with van der Waals surface area (Å²) in [6.07, 6.45) is 6.76. The number of carbonyl (C=O) groups excluding carboxylic acids is 1. The predicted octanol–water partition coefficient (Wildman–Crippen LogP) is 3.65. The summed E-state index contributed by atoms with van der Waals surface area (Å²) in [5.74, 6) is 1.95. The third kappa shape index (κ3) is 2.23. The van der Waals surface area contributed by atoms with Crippen LogP contribution in [0.1, 0.15) is 65.2 Å². The number of hydrogen-bond acceptors (Lipinski definition) is 3. The van der Waals surface area contributed by atoms with Gasteiger partial charge in [-0.05, 0) is 74.0 Å². The second-order valence-corrected chi connectivity index (χ2v) is 10.8. The highest BCUT2D eigenvalue weighted by Crippen LogP contribution is 2.66. The Hall–Kier alpha value is 0.0700. The van der Waals surface area contributed by atoms with Crippen LogP contribution in [-0.2, 0) is 4.79 Å². The van der Waals surface area contributed by atoms with Gasteiger partial charge < -0.3 is 10.2 Å². The first kappa shape index (κ1) is 16.5. The van der Waals surface area contributed by atoms with Crippen LogP contribution in [0.15, 0.2) is 0 Å². The van der Waals surface area contributed by atoms with Crippen LogP contribution >= 0.6 is 15.9 Å². The van der Waals surface area contributed by atoms with Crippen LogP contribution < -0.4 is 0 Å². The summed E-state index contributed by atoms with van der Waals surface area (Å²) >= 11 is 3.48. The monoisotopic (exact) mass is 384 g/mol. The fraction of sp³-hybridized carbons (Fsp3) is 0.947. The molecule has 4 rings (SSSR count). The number of rotatable bonds is 0. The van der Waals surface area contributed by atoms with Gasteiger partial charge in [-0.25, -0.2) is 0 Å². The summed E-state index contributed by atoms with van der Waals surface area (Å²) in [5, 5.41) is 21.4. The zero-order chi connectivity index (χ0) is 16.6. The molecule has 4 aliphatic rings. The van der Waals surface area contributed by atoms with E-state index in [1.807, 2.05) is 0 Å². The van der Waals surface area contributed by atoms with Gasteiger partial charge >= 0.3 is 0 Å². The maximum absolute atomic E-state index is 12.4. The van der Waals surface area contributed by atoms with E-state index in [2.05, 4.69) is 29.8 Å². The van der Waals surface area contributed by atoms with Crippen molar-refractivity contribution in [3.63, 3.8) is 0 Å². The van der Waals surface area contributed by atoms with Crippen LogP contribution in [0.3, 0.4) is 0 Å².